The van der Waals surface area contributed by atoms with Crippen LogP contribution >= 0.6 is 0 Å². The van der Waals surface area contributed by atoms with Crippen molar-refractivity contribution in [1.82, 2.24) is 5.32 Å². The molecule has 0 aromatic heterocycles. The third-order valence-corrected chi connectivity index (χ3v) is 3.16. The van der Waals surface area contributed by atoms with E-state index >= 15 is 0 Å². The third-order valence-electron chi connectivity index (χ3n) is 3.16. The highest BCUT2D eigenvalue weighted by Gasteiger charge is 2.20. The summed E-state index contributed by atoms with van der Waals surface area (Å²) < 4.78 is 5.71. The van der Waals surface area contributed by atoms with Gasteiger partial charge in [-0.15, -0.1) is 0 Å². The monoisotopic (exact) mass is 265 g/mol. The number of carboxylic acids is 1. The van der Waals surface area contributed by atoms with E-state index in [1.165, 1.54) is 0 Å². The van der Waals surface area contributed by atoms with E-state index in [2.05, 4.69) is 5.32 Å². The molecule has 0 spiro atoms. The summed E-state index contributed by atoms with van der Waals surface area (Å²) in [4.78, 5) is 11.2. The van der Waals surface area contributed by atoms with Crippen LogP contribution < -0.4 is 10.1 Å². The lowest BCUT2D eigenvalue weighted by molar-refractivity contribution is -0.145. The van der Waals surface area contributed by atoms with Crippen LogP contribution in [-0.2, 0) is 4.79 Å². The molecule has 0 bridgehead atoms. The number of hydrogen-bond acceptors (Lipinski definition) is 3. The van der Waals surface area contributed by atoms with E-state index in [1.54, 1.807) is 0 Å². The van der Waals surface area contributed by atoms with E-state index in [1.807, 2.05) is 46.0 Å². The van der Waals surface area contributed by atoms with Crippen molar-refractivity contribution in [1.29, 1.82) is 0 Å². The molecule has 0 amide bonds. The van der Waals surface area contributed by atoms with Gasteiger partial charge in [-0.3, -0.25) is 0 Å². The number of carboxylic acid groups (broad SMARTS) is 1. The first-order valence-electron chi connectivity index (χ1n) is 6.66. The Balaban J connectivity index is 3.03. The van der Waals surface area contributed by atoms with Gasteiger partial charge in [0.2, 0.25) is 0 Å². The van der Waals surface area contributed by atoms with Crippen molar-refractivity contribution in [3.05, 3.63) is 29.3 Å². The molecule has 0 fully saturated rings. The van der Waals surface area contributed by atoms with E-state index in [0.29, 0.717) is 12.2 Å². The van der Waals surface area contributed by atoms with Crippen LogP contribution in [0.2, 0.25) is 0 Å². The van der Waals surface area contributed by atoms with Crippen molar-refractivity contribution in [2.75, 3.05) is 7.05 Å². The largest absolute Gasteiger partial charge is 0.479 e. The first kappa shape index (κ1) is 15.5. The van der Waals surface area contributed by atoms with Gasteiger partial charge < -0.3 is 15.2 Å². The zero-order chi connectivity index (χ0) is 14.4. The van der Waals surface area contributed by atoms with Gasteiger partial charge in [0.1, 0.15) is 5.75 Å². The van der Waals surface area contributed by atoms with E-state index < -0.39 is 12.1 Å². The first-order chi connectivity index (χ1) is 8.99. The number of aliphatic carboxylic acids is 1. The second-order valence-electron chi connectivity index (χ2n) is 4.79. The number of rotatable bonds is 7. The van der Waals surface area contributed by atoms with Crippen molar-refractivity contribution in [2.24, 2.45) is 0 Å². The van der Waals surface area contributed by atoms with Gasteiger partial charge in [-0.1, -0.05) is 25.5 Å². The minimum absolute atomic E-state index is 0.117. The Morgan fingerprint density at radius 2 is 2.16 bits per heavy atom. The summed E-state index contributed by atoms with van der Waals surface area (Å²) in [5.41, 5.74) is 2.04. The Kier molecular flexibility index (Phi) is 5.83. The molecule has 0 saturated carbocycles. The predicted molar refractivity (Wildman–Crippen MR) is 75.6 cm³/mol. The molecule has 106 valence electrons. The van der Waals surface area contributed by atoms with Crippen LogP contribution in [0, 0.1) is 6.92 Å². The van der Waals surface area contributed by atoms with Crippen LogP contribution in [0.3, 0.4) is 0 Å². The molecule has 0 saturated heterocycles. The first-order valence-corrected chi connectivity index (χ1v) is 6.66. The van der Waals surface area contributed by atoms with Crippen LogP contribution in [0.1, 0.15) is 43.9 Å². The highest BCUT2D eigenvalue weighted by molar-refractivity contribution is 5.72. The highest BCUT2D eigenvalue weighted by atomic mass is 16.5. The summed E-state index contributed by atoms with van der Waals surface area (Å²) >= 11 is 0. The molecule has 2 unspecified atom stereocenters. The second-order valence-corrected chi connectivity index (χ2v) is 4.79. The van der Waals surface area contributed by atoms with E-state index in [-0.39, 0.29) is 6.04 Å². The zero-order valence-electron chi connectivity index (χ0n) is 12.1. The minimum atomic E-state index is -0.911. The Labute approximate surface area is 114 Å². The fourth-order valence-corrected chi connectivity index (χ4v) is 1.91. The van der Waals surface area contributed by atoms with Crippen LogP contribution in [-0.4, -0.2) is 24.2 Å². The fourth-order valence-electron chi connectivity index (χ4n) is 1.91. The van der Waals surface area contributed by atoms with E-state index in [0.717, 1.165) is 17.5 Å². The molecule has 0 aliphatic heterocycles. The highest BCUT2D eigenvalue weighted by Crippen LogP contribution is 2.27. The molecule has 19 heavy (non-hydrogen) atoms. The molecule has 0 aliphatic rings. The quantitative estimate of drug-likeness (QED) is 0.796. The van der Waals surface area contributed by atoms with Crippen LogP contribution in [0.5, 0.6) is 5.75 Å². The van der Waals surface area contributed by atoms with Crippen LogP contribution in [0.25, 0.3) is 0 Å². The molecular formula is C15H23NO3. The van der Waals surface area contributed by atoms with E-state index in [4.69, 9.17) is 4.74 Å². The number of hydrogen-bond donors (Lipinski definition) is 2. The van der Waals surface area contributed by atoms with Gasteiger partial charge in [-0.05, 0) is 38.9 Å². The number of nitrogens with one attached hydrogen (secondary N) is 1. The maximum absolute atomic E-state index is 11.2. The van der Waals surface area contributed by atoms with Crippen molar-refractivity contribution in [3.63, 3.8) is 0 Å². The van der Waals surface area contributed by atoms with Gasteiger partial charge in [0.05, 0.1) is 0 Å². The lowest BCUT2D eigenvalue weighted by atomic mass is 10.0. The standard InChI is InChI=1S/C15H23NO3/c1-5-6-13(15(17)18)19-14-9-10(2)7-8-12(14)11(3)16-4/h7-9,11,13,16H,5-6H2,1-4H3,(H,17,18). The predicted octanol–water partition coefficient (Wildman–Crippen LogP) is 2.91. The fraction of sp³-hybridized carbons (Fsp3) is 0.533. The maximum atomic E-state index is 11.2. The molecule has 2 N–H and O–H groups in total. The molecule has 4 heteroatoms. The summed E-state index contributed by atoms with van der Waals surface area (Å²) in [6.45, 7) is 5.94. The molecule has 0 aliphatic carbocycles. The zero-order valence-corrected chi connectivity index (χ0v) is 12.1. The number of aryl methyl sites for hydroxylation is 1. The molecule has 2 atom stereocenters. The van der Waals surface area contributed by atoms with Gasteiger partial charge in [-0.2, -0.15) is 0 Å². The SMILES string of the molecule is CCCC(Oc1cc(C)ccc1C(C)NC)C(=O)O. The van der Waals surface area contributed by atoms with Crippen molar-refractivity contribution in [3.8, 4) is 5.75 Å². The molecule has 1 aromatic carbocycles. The molecular weight excluding hydrogens is 242 g/mol. The minimum Gasteiger partial charge on any atom is -0.479 e. The van der Waals surface area contributed by atoms with Crippen molar-refractivity contribution >= 4 is 5.97 Å². The smallest absolute Gasteiger partial charge is 0.344 e. The summed E-state index contributed by atoms with van der Waals surface area (Å²) in [6, 6.07) is 6.00. The number of carbonyl (C=O) groups is 1. The normalized spacial score (nSPS) is 13.9. The number of ether oxygens (including phenoxy) is 1. The Morgan fingerprint density at radius 3 is 2.68 bits per heavy atom. The Bertz CT molecular complexity index is 431. The summed E-state index contributed by atoms with van der Waals surface area (Å²) in [6.07, 6.45) is 0.505. The second kappa shape index (κ2) is 7.14. The number of benzene rings is 1. The Hall–Kier alpha value is -1.55. The van der Waals surface area contributed by atoms with Gasteiger partial charge in [0.25, 0.3) is 0 Å². The molecule has 1 aromatic rings. The molecule has 4 nitrogen and oxygen atoms in total. The maximum Gasteiger partial charge on any atom is 0.344 e. The summed E-state index contributed by atoms with van der Waals surface area (Å²) in [5.74, 6) is -0.255. The molecule has 0 radical (unpaired) electrons. The van der Waals surface area contributed by atoms with Crippen LogP contribution in [0.15, 0.2) is 18.2 Å². The molecule has 1 rings (SSSR count). The topological polar surface area (TPSA) is 58.6 Å². The lowest BCUT2D eigenvalue weighted by Crippen LogP contribution is -2.27. The molecule has 0 heterocycles. The Morgan fingerprint density at radius 1 is 1.47 bits per heavy atom. The van der Waals surface area contributed by atoms with E-state index in [9.17, 15) is 9.90 Å². The summed E-state index contributed by atoms with van der Waals surface area (Å²) in [7, 11) is 1.87. The average molecular weight is 265 g/mol. The van der Waals surface area contributed by atoms with Crippen molar-refractivity contribution < 1.29 is 14.6 Å². The lowest BCUT2D eigenvalue weighted by Gasteiger charge is -2.20. The van der Waals surface area contributed by atoms with Crippen molar-refractivity contribution in [2.45, 2.75) is 45.8 Å². The third kappa shape index (κ3) is 4.24. The van der Waals surface area contributed by atoms with Gasteiger partial charge >= 0.3 is 5.97 Å². The van der Waals surface area contributed by atoms with Gasteiger partial charge in [0.15, 0.2) is 6.10 Å². The summed E-state index contributed by atoms with van der Waals surface area (Å²) in [5, 5.41) is 12.3. The average Bonchev–Trinajstić information content (AvgIpc) is 2.37. The van der Waals surface area contributed by atoms with Gasteiger partial charge in [0, 0.05) is 11.6 Å². The van der Waals surface area contributed by atoms with Crippen LogP contribution in [0.4, 0.5) is 0 Å². The van der Waals surface area contributed by atoms with Gasteiger partial charge in [-0.25, -0.2) is 4.79 Å².